The molecule has 4 heterocycles. The summed E-state index contributed by atoms with van der Waals surface area (Å²) in [7, 11) is 5.37. The van der Waals surface area contributed by atoms with Gasteiger partial charge in [-0.05, 0) is 73.9 Å². The quantitative estimate of drug-likeness (QED) is 0.479. The van der Waals surface area contributed by atoms with E-state index in [1.165, 1.54) is 18.5 Å². The van der Waals surface area contributed by atoms with Gasteiger partial charge >= 0.3 is 0 Å². The number of piperidine rings is 3. The van der Waals surface area contributed by atoms with Crippen molar-refractivity contribution in [3.8, 4) is 22.8 Å². The summed E-state index contributed by atoms with van der Waals surface area (Å²) >= 11 is 5.52. The van der Waals surface area contributed by atoms with Gasteiger partial charge in [-0.1, -0.05) is 18.2 Å². The Bertz CT molecular complexity index is 1180. The Balaban J connectivity index is 1.24. The number of fused-ring (bicyclic) bond motifs is 3. The molecule has 2 bridgehead atoms. The summed E-state index contributed by atoms with van der Waals surface area (Å²) in [4.78, 5) is 2.62. The minimum absolute atomic E-state index is 0.487. The number of thiocarbonyl (C=S) groups is 1. The fourth-order valence-corrected chi connectivity index (χ4v) is 5.76. The van der Waals surface area contributed by atoms with Crippen LogP contribution in [0.25, 0.3) is 11.3 Å². The van der Waals surface area contributed by atoms with Crippen LogP contribution < -0.4 is 20.1 Å². The van der Waals surface area contributed by atoms with Crippen LogP contribution in [0.3, 0.4) is 0 Å². The van der Waals surface area contributed by atoms with E-state index in [0.717, 1.165) is 48.1 Å². The second kappa shape index (κ2) is 10.3. The van der Waals surface area contributed by atoms with Crippen molar-refractivity contribution >= 4 is 23.0 Å². The average Bonchev–Trinajstić information content (AvgIpc) is 3.29. The Labute approximate surface area is 212 Å². The molecule has 0 radical (unpaired) electrons. The molecule has 4 unspecified atom stereocenters. The number of nitrogens with zero attached hydrogens (tertiary/aromatic N) is 3. The monoisotopic (exact) mass is 491 g/mol. The standard InChI is InChI=1S/C27H33N5O2S/c1-31-24(15-23(30-31)19-9-10-25(33-2)26(14-19)34-3)22-17-32-12-11-18(22)13-21(32)16-28-27(35)29-20-7-5-4-6-8-20/h4-10,14-15,18,21-22H,11-13,16-17H2,1-3H3,(H2,28,29,35). The number of benzene rings is 2. The fourth-order valence-electron chi connectivity index (χ4n) is 5.56. The molecule has 0 amide bonds. The van der Waals surface area contributed by atoms with E-state index in [2.05, 4.69) is 33.3 Å². The molecular formula is C27H33N5O2S. The molecule has 7 nitrogen and oxygen atoms in total. The van der Waals surface area contributed by atoms with Gasteiger partial charge in [-0.25, -0.2) is 0 Å². The zero-order valence-corrected chi connectivity index (χ0v) is 21.3. The van der Waals surface area contributed by atoms with E-state index in [1.54, 1.807) is 14.2 Å². The van der Waals surface area contributed by atoms with Gasteiger partial charge in [-0.15, -0.1) is 0 Å². The molecule has 3 aliphatic heterocycles. The second-order valence-corrected chi connectivity index (χ2v) is 9.80. The van der Waals surface area contributed by atoms with Gasteiger partial charge in [0.25, 0.3) is 0 Å². The van der Waals surface area contributed by atoms with Crippen LogP contribution in [0.15, 0.2) is 54.6 Å². The SMILES string of the molecule is COc1ccc(-c2cc(C3CN4CCC3CC4CNC(=S)Nc3ccccc3)n(C)n2)cc1OC. The molecule has 2 N–H and O–H groups in total. The molecule has 184 valence electrons. The van der Waals surface area contributed by atoms with Crippen molar-refractivity contribution in [1.29, 1.82) is 0 Å². The third-order valence-corrected chi connectivity index (χ3v) is 7.63. The summed E-state index contributed by atoms with van der Waals surface area (Å²) < 4.78 is 12.9. The summed E-state index contributed by atoms with van der Waals surface area (Å²) in [6.07, 6.45) is 2.40. The molecule has 4 atom stereocenters. The summed E-state index contributed by atoms with van der Waals surface area (Å²) in [6, 6.07) is 18.8. The second-order valence-electron chi connectivity index (χ2n) is 9.39. The maximum atomic E-state index is 5.52. The third kappa shape index (κ3) is 4.99. The fraction of sp³-hybridized carbons (Fsp3) is 0.407. The number of hydrogen-bond donors (Lipinski definition) is 2. The third-order valence-electron chi connectivity index (χ3n) is 7.38. The lowest BCUT2D eigenvalue weighted by atomic mass is 9.74. The first-order valence-corrected chi connectivity index (χ1v) is 12.6. The molecule has 8 heteroatoms. The number of para-hydroxylation sites is 1. The van der Waals surface area contributed by atoms with Crippen molar-refractivity contribution in [3.05, 3.63) is 60.3 Å². The van der Waals surface area contributed by atoms with Gasteiger partial charge in [0, 0.05) is 49.0 Å². The first-order chi connectivity index (χ1) is 17.1. The van der Waals surface area contributed by atoms with Gasteiger partial charge in [0.2, 0.25) is 0 Å². The van der Waals surface area contributed by atoms with Crippen molar-refractivity contribution in [3.63, 3.8) is 0 Å². The molecule has 2 aromatic carbocycles. The molecule has 3 saturated heterocycles. The van der Waals surface area contributed by atoms with Gasteiger partial charge in [0.1, 0.15) is 0 Å². The summed E-state index contributed by atoms with van der Waals surface area (Å²) in [5.41, 5.74) is 4.32. The number of nitrogens with one attached hydrogen (secondary N) is 2. The van der Waals surface area contributed by atoms with E-state index in [9.17, 15) is 0 Å². The number of aromatic nitrogens is 2. The van der Waals surface area contributed by atoms with Crippen LogP contribution in [-0.4, -0.2) is 59.7 Å². The highest BCUT2D eigenvalue weighted by Gasteiger charge is 2.41. The van der Waals surface area contributed by atoms with Crippen molar-refractivity contribution < 1.29 is 9.47 Å². The minimum Gasteiger partial charge on any atom is -0.493 e. The highest BCUT2D eigenvalue weighted by molar-refractivity contribution is 7.80. The number of hydrogen-bond acceptors (Lipinski definition) is 5. The topological polar surface area (TPSA) is 63.6 Å². The van der Waals surface area contributed by atoms with Gasteiger partial charge in [-0.2, -0.15) is 5.10 Å². The van der Waals surface area contributed by atoms with Crippen molar-refractivity contribution in [2.24, 2.45) is 13.0 Å². The van der Waals surface area contributed by atoms with Crippen LogP contribution in [0, 0.1) is 5.92 Å². The van der Waals surface area contributed by atoms with Crippen molar-refractivity contribution in [1.82, 2.24) is 20.0 Å². The maximum absolute atomic E-state index is 5.52. The molecule has 3 aliphatic rings. The van der Waals surface area contributed by atoms with E-state index < -0.39 is 0 Å². The smallest absolute Gasteiger partial charge is 0.170 e. The Kier molecular flexibility index (Phi) is 6.92. The molecule has 0 saturated carbocycles. The highest BCUT2D eigenvalue weighted by Crippen LogP contribution is 2.42. The predicted molar refractivity (Wildman–Crippen MR) is 143 cm³/mol. The molecule has 35 heavy (non-hydrogen) atoms. The van der Waals surface area contributed by atoms with E-state index in [0.29, 0.717) is 23.0 Å². The Morgan fingerprint density at radius 2 is 1.89 bits per heavy atom. The summed E-state index contributed by atoms with van der Waals surface area (Å²) in [5, 5.41) is 12.2. The van der Waals surface area contributed by atoms with E-state index >= 15 is 0 Å². The number of methoxy groups -OCH3 is 2. The Morgan fingerprint density at radius 1 is 1.09 bits per heavy atom. The first-order valence-electron chi connectivity index (χ1n) is 12.2. The number of rotatable bonds is 7. The van der Waals surface area contributed by atoms with Crippen LogP contribution >= 0.6 is 12.2 Å². The molecule has 0 spiro atoms. The van der Waals surface area contributed by atoms with Crippen molar-refractivity contribution in [2.45, 2.75) is 24.8 Å². The van der Waals surface area contributed by atoms with E-state index in [4.69, 9.17) is 26.8 Å². The number of anilines is 1. The van der Waals surface area contributed by atoms with Crippen LogP contribution in [0.4, 0.5) is 5.69 Å². The minimum atomic E-state index is 0.487. The number of ether oxygens (including phenoxy) is 2. The lowest BCUT2D eigenvalue weighted by molar-refractivity contribution is 0.0303. The lowest BCUT2D eigenvalue weighted by Gasteiger charge is -2.50. The largest absolute Gasteiger partial charge is 0.493 e. The normalized spacial score (nSPS) is 23.1. The Hall–Kier alpha value is -3.10. The van der Waals surface area contributed by atoms with Crippen molar-refractivity contribution in [2.75, 3.05) is 39.2 Å². The molecular weight excluding hydrogens is 458 g/mol. The van der Waals surface area contributed by atoms with Crippen LogP contribution in [-0.2, 0) is 7.05 Å². The van der Waals surface area contributed by atoms with Gasteiger partial charge < -0.3 is 20.1 Å². The van der Waals surface area contributed by atoms with Crippen LogP contribution in [0.5, 0.6) is 11.5 Å². The average molecular weight is 492 g/mol. The van der Waals surface area contributed by atoms with Crippen LogP contribution in [0.1, 0.15) is 24.5 Å². The molecule has 1 aromatic heterocycles. The molecule has 6 rings (SSSR count). The van der Waals surface area contributed by atoms with Crippen LogP contribution in [0.2, 0.25) is 0 Å². The predicted octanol–water partition coefficient (Wildman–Crippen LogP) is 4.27. The van der Waals surface area contributed by atoms with Gasteiger partial charge in [0.05, 0.1) is 19.9 Å². The van der Waals surface area contributed by atoms with E-state index in [1.807, 2.05) is 48.5 Å². The zero-order valence-electron chi connectivity index (χ0n) is 20.5. The highest BCUT2D eigenvalue weighted by atomic mass is 32.1. The lowest BCUT2D eigenvalue weighted by Crippen LogP contribution is -2.56. The molecule has 3 aromatic rings. The van der Waals surface area contributed by atoms with Gasteiger partial charge in [-0.3, -0.25) is 9.58 Å². The maximum Gasteiger partial charge on any atom is 0.170 e. The Morgan fingerprint density at radius 3 is 2.60 bits per heavy atom. The number of aryl methyl sites for hydroxylation is 1. The zero-order chi connectivity index (χ0) is 24.4. The van der Waals surface area contributed by atoms with E-state index in [-0.39, 0.29) is 0 Å². The van der Waals surface area contributed by atoms with Gasteiger partial charge in [0.15, 0.2) is 16.6 Å². The molecule has 0 aliphatic carbocycles. The molecule has 3 fully saturated rings. The summed E-state index contributed by atoms with van der Waals surface area (Å²) in [5.74, 6) is 2.58. The summed E-state index contributed by atoms with van der Waals surface area (Å²) in [6.45, 7) is 3.07. The first kappa shape index (κ1) is 23.6.